The van der Waals surface area contributed by atoms with Gasteiger partial charge < -0.3 is 5.73 Å². The Labute approximate surface area is 112 Å². The van der Waals surface area contributed by atoms with Gasteiger partial charge in [0.05, 0.1) is 0 Å². The largest absolute Gasteiger partial charge is 0.327 e. The summed E-state index contributed by atoms with van der Waals surface area (Å²) < 4.78 is 13.3. The lowest BCUT2D eigenvalue weighted by atomic mass is 9.77. The van der Waals surface area contributed by atoms with Crippen molar-refractivity contribution in [3.05, 3.63) is 65.2 Å². The molecular formula is C16H17FN2. The molecule has 3 rings (SSSR count). The van der Waals surface area contributed by atoms with Gasteiger partial charge in [-0.05, 0) is 54.2 Å². The van der Waals surface area contributed by atoms with Crippen molar-refractivity contribution in [1.82, 2.24) is 4.98 Å². The molecule has 0 saturated carbocycles. The van der Waals surface area contributed by atoms with Gasteiger partial charge in [0.2, 0.25) is 0 Å². The molecule has 2 aromatic rings. The number of nitrogens with zero attached hydrogens (tertiary/aromatic N) is 1. The molecule has 0 bridgehead atoms. The summed E-state index contributed by atoms with van der Waals surface area (Å²) in [6.07, 6.45) is 6.31. The number of pyridine rings is 1. The van der Waals surface area contributed by atoms with Crippen molar-refractivity contribution in [3.63, 3.8) is 0 Å². The third-order valence-corrected chi connectivity index (χ3v) is 3.95. The summed E-state index contributed by atoms with van der Waals surface area (Å²) in [6.45, 7) is 0. The first-order chi connectivity index (χ1) is 9.24. The Morgan fingerprint density at radius 3 is 3.00 bits per heavy atom. The molecule has 1 aliphatic rings. The maximum atomic E-state index is 13.3. The Kier molecular flexibility index (Phi) is 3.30. The number of benzene rings is 1. The Balaban J connectivity index is 1.93. The highest BCUT2D eigenvalue weighted by atomic mass is 19.1. The zero-order chi connectivity index (χ0) is 13.2. The van der Waals surface area contributed by atoms with Crippen LogP contribution in [0, 0.1) is 5.82 Å². The van der Waals surface area contributed by atoms with E-state index in [4.69, 9.17) is 5.73 Å². The zero-order valence-corrected chi connectivity index (χ0v) is 10.7. The number of aryl methyl sites for hydroxylation is 1. The summed E-state index contributed by atoms with van der Waals surface area (Å²) in [5.74, 6) is 0.0999. The molecule has 2 nitrogen and oxygen atoms in total. The minimum Gasteiger partial charge on any atom is -0.327 e. The summed E-state index contributed by atoms with van der Waals surface area (Å²) in [7, 11) is 0. The van der Waals surface area contributed by atoms with Gasteiger partial charge in [0.25, 0.3) is 0 Å². The molecule has 2 atom stereocenters. The first-order valence-corrected chi connectivity index (χ1v) is 6.67. The third kappa shape index (κ3) is 2.51. The number of rotatable bonds is 2. The molecule has 0 fully saturated rings. The van der Waals surface area contributed by atoms with Crippen molar-refractivity contribution in [3.8, 4) is 0 Å². The van der Waals surface area contributed by atoms with Crippen molar-refractivity contribution in [1.29, 1.82) is 0 Å². The van der Waals surface area contributed by atoms with Crippen LogP contribution < -0.4 is 5.73 Å². The van der Waals surface area contributed by atoms with Gasteiger partial charge in [0.1, 0.15) is 5.82 Å². The van der Waals surface area contributed by atoms with E-state index < -0.39 is 0 Å². The Morgan fingerprint density at radius 1 is 1.32 bits per heavy atom. The van der Waals surface area contributed by atoms with Gasteiger partial charge >= 0.3 is 0 Å². The molecule has 0 aliphatic heterocycles. The molecule has 1 aliphatic carbocycles. The first kappa shape index (κ1) is 12.3. The van der Waals surface area contributed by atoms with Crippen LogP contribution in [0.4, 0.5) is 4.39 Å². The maximum Gasteiger partial charge on any atom is 0.123 e. The van der Waals surface area contributed by atoms with Crippen LogP contribution in [0.5, 0.6) is 0 Å². The number of hydrogen-bond donors (Lipinski definition) is 1. The van der Waals surface area contributed by atoms with Crippen LogP contribution in [-0.4, -0.2) is 11.0 Å². The van der Waals surface area contributed by atoms with Gasteiger partial charge in [-0.15, -0.1) is 0 Å². The van der Waals surface area contributed by atoms with Crippen LogP contribution in [0.15, 0.2) is 42.7 Å². The molecule has 98 valence electrons. The third-order valence-electron chi connectivity index (χ3n) is 3.95. The standard InChI is InChI=1S/C16H17FN2/c17-13-4-5-14-12(9-13)3-6-16(18)15(14)8-11-2-1-7-19-10-11/h1-2,4-5,7,9-10,15-16H,3,6,8,18H2/t15-,16+/m1/s1. The Bertz CT molecular complexity index is 568. The van der Waals surface area contributed by atoms with Crippen molar-refractivity contribution in [2.45, 2.75) is 31.2 Å². The number of hydrogen-bond acceptors (Lipinski definition) is 2. The van der Waals surface area contributed by atoms with Crippen LogP contribution in [0.2, 0.25) is 0 Å². The average molecular weight is 256 g/mol. The lowest BCUT2D eigenvalue weighted by Crippen LogP contribution is -2.34. The highest BCUT2D eigenvalue weighted by Crippen LogP contribution is 2.33. The summed E-state index contributed by atoms with van der Waals surface area (Å²) in [6, 6.07) is 9.22. The topological polar surface area (TPSA) is 38.9 Å². The molecule has 0 unspecified atom stereocenters. The van der Waals surface area contributed by atoms with E-state index in [1.807, 2.05) is 18.3 Å². The number of nitrogens with two attached hydrogens (primary N) is 1. The van der Waals surface area contributed by atoms with E-state index in [-0.39, 0.29) is 17.8 Å². The van der Waals surface area contributed by atoms with E-state index in [2.05, 4.69) is 11.1 Å². The SMILES string of the molecule is N[C@H]1CCc2cc(F)ccc2[C@H]1Cc1cccnc1. The van der Waals surface area contributed by atoms with E-state index in [0.29, 0.717) is 0 Å². The van der Waals surface area contributed by atoms with Crippen LogP contribution >= 0.6 is 0 Å². The summed E-state index contributed by atoms with van der Waals surface area (Å²) in [4.78, 5) is 4.14. The summed E-state index contributed by atoms with van der Waals surface area (Å²) >= 11 is 0. The predicted octanol–water partition coefficient (Wildman–Crippen LogP) is 2.82. The molecule has 1 aromatic heterocycles. The number of halogens is 1. The van der Waals surface area contributed by atoms with E-state index >= 15 is 0 Å². The van der Waals surface area contributed by atoms with E-state index in [0.717, 1.165) is 24.8 Å². The fraction of sp³-hybridized carbons (Fsp3) is 0.312. The second kappa shape index (κ2) is 5.10. The smallest absolute Gasteiger partial charge is 0.123 e. The maximum absolute atomic E-state index is 13.3. The van der Waals surface area contributed by atoms with Gasteiger partial charge in [-0.1, -0.05) is 12.1 Å². The van der Waals surface area contributed by atoms with E-state index in [1.165, 1.54) is 17.2 Å². The molecule has 0 radical (unpaired) electrons. The second-order valence-electron chi connectivity index (χ2n) is 5.22. The molecule has 3 heteroatoms. The van der Waals surface area contributed by atoms with Crippen molar-refractivity contribution in [2.75, 3.05) is 0 Å². The highest BCUT2D eigenvalue weighted by molar-refractivity contribution is 5.36. The molecule has 1 aromatic carbocycles. The summed E-state index contributed by atoms with van der Waals surface area (Å²) in [5, 5.41) is 0. The monoisotopic (exact) mass is 256 g/mol. The molecular weight excluding hydrogens is 239 g/mol. The number of fused-ring (bicyclic) bond motifs is 1. The molecule has 0 saturated heterocycles. The molecule has 1 heterocycles. The fourth-order valence-electron chi connectivity index (χ4n) is 2.94. The normalized spacial score (nSPS) is 22.0. The molecule has 19 heavy (non-hydrogen) atoms. The zero-order valence-electron chi connectivity index (χ0n) is 10.7. The van der Waals surface area contributed by atoms with Gasteiger partial charge in [-0.2, -0.15) is 0 Å². The number of aromatic nitrogens is 1. The van der Waals surface area contributed by atoms with Crippen LogP contribution in [0.3, 0.4) is 0 Å². The van der Waals surface area contributed by atoms with E-state index in [1.54, 1.807) is 12.3 Å². The fourth-order valence-corrected chi connectivity index (χ4v) is 2.94. The summed E-state index contributed by atoms with van der Waals surface area (Å²) in [5.41, 5.74) is 9.75. The second-order valence-corrected chi connectivity index (χ2v) is 5.22. The van der Waals surface area contributed by atoms with Gasteiger partial charge in [-0.25, -0.2) is 4.39 Å². The molecule has 0 spiro atoms. The van der Waals surface area contributed by atoms with E-state index in [9.17, 15) is 4.39 Å². The van der Waals surface area contributed by atoms with Crippen LogP contribution in [0.1, 0.15) is 29.0 Å². The lowest BCUT2D eigenvalue weighted by Gasteiger charge is -2.31. The quantitative estimate of drug-likeness (QED) is 0.897. The van der Waals surface area contributed by atoms with Gasteiger partial charge in [-0.3, -0.25) is 4.98 Å². The highest BCUT2D eigenvalue weighted by Gasteiger charge is 2.27. The van der Waals surface area contributed by atoms with Gasteiger partial charge in [0.15, 0.2) is 0 Å². The molecule has 0 amide bonds. The van der Waals surface area contributed by atoms with Crippen molar-refractivity contribution >= 4 is 0 Å². The lowest BCUT2D eigenvalue weighted by molar-refractivity contribution is 0.464. The predicted molar refractivity (Wildman–Crippen MR) is 73.4 cm³/mol. The average Bonchev–Trinajstić information content (AvgIpc) is 2.43. The molecule has 2 N–H and O–H groups in total. The van der Waals surface area contributed by atoms with Crippen molar-refractivity contribution in [2.24, 2.45) is 5.73 Å². The van der Waals surface area contributed by atoms with Crippen molar-refractivity contribution < 1.29 is 4.39 Å². The minimum atomic E-state index is -0.158. The minimum absolute atomic E-state index is 0.137. The first-order valence-electron chi connectivity index (χ1n) is 6.67. The van der Waals surface area contributed by atoms with Crippen LogP contribution in [-0.2, 0) is 12.8 Å². The Morgan fingerprint density at radius 2 is 2.21 bits per heavy atom. The van der Waals surface area contributed by atoms with Gasteiger partial charge in [0, 0.05) is 24.4 Å². The van der Waals surface area contributed by atoms with Crippen LogP contribution in [0.25, 0.3) is 0 Å². The Hall–Kier alpha value is -1.74.